The van der Waals surface area contributed by atoms with Gasteiger partial charge < -0.3 is 14.7 Å². The first-order chi connectivity index (χ1) is 69.4. The van der Waals surface area contributed by atoms with E-state index >= 15 is 0 Å². The Balaban J connectivity index is 0.0000000829. The van der Waals surface area contributed by atoms with Gasteiger partial charge in [0.15, 0.2) is 0 Å². The van der Waals surface area contributed by atoms with Crippen LogP contribution in [-0.4, -0.2) is 19.9 Å². The van der Waals surface area contributed by atoms with E-state index in [-0.39, 0.29) is 0 Å². The van der Waals surface area contributed by atoms with Crippen LogP contribution in [0.15, 0.2) is 340 Å². The summed E-state index contributed by atoms with van der Waals surface area (Å²) in [6.45, 7) is 0. The summed E-state index contributed by atoms with van der Waals surface area (Å²) >= 11 is 0. The van der Waals surface area contributed by atoms with Crippen molar-refractivity contribution >= 4 is 68.4 Å². The van der Waals surface area contributed by atoms with Gasteiger partial charge in [0, 0.05) is 99.4 Å². The number of hydrogen-bond donors (Lipinski definition) is 0. The zero-order valence-corrected chi connectivity index (χ0v) is 77.2. The molecule has 0 radical (unpaired) electrons. The maximum atomic E-state index is 4.87. The van der Waals surface area contributed by atoms with Crippen LogP contribution in [0.1, 0.15) is 178 Å². The summed E-state index contributed by atoms with van der Waals surface area (Å²) < 4.78 is 0. The quantitative estimate of drug-likeness (QED) is 0.149. The summed E-state index contributed by atoms with van der Waals surface area (Å²) in [6.07, 6.45) is 28.0. The van der Waals surface area contributed by atoms with E-state index in [9.17, 15) is 0 Å². The van der Waals surface area contributed by atoms with Gasteiger partial charge in [0.05, 0.1) is 57.4 Å². The lowest BCUT2D eigenvalue weighted by atomic mass is 9.83. The van der Waals surface area contributed by atoms with Crippen LogP contribution in [0.4, 0.5) is 68.4 Å². The third-order valence-electron chi connectivity index (χ3n) is 34.6. The highest BCUT2D eigenvalue weighted by Gasteiger charge is 2.45. The number of pyridine rings is 4. The van der Waals surface area contributed by atoms with Gasteiger partial charge in [-0.05, 0) is 392 Å². The lowest BCUT2D eigenvalue weighted by Crippen LogP contribution is -2.26. The second-order valence-electron chi connectivity index (χ2n) is 41.3. The maximum Gasteiger partial charge on any atom is 0.141 e. The third kappa shape index (κ3) is 10.6. The van der Waals surface area contributed by atoms with Crippen molar-refractivity contribution in [2.75, 3.05) is 19.6 Å². The van der Waals surface area contributed by atoms with Gasteiger partial charge >= 0.3 is 0 Å². The highest BCUT2D eigenvalue weighted by Crippen LogP contribution is 2.63. The largest absolute Gasteiger partial charge is 0.309 e. The Bertz CT molecular complexity index is 8040. The number of fused-ring (bicyclic) bond motifs is 48. The predicted octanol–water partition coefficient (Wildman–Crippen LogP) is 30.0. The van der Waals surface area contributed by atoms with E-state index < -0.39 is 0 Å². The number of aromatic nitrogens is 4. The van der Waals surface area contributed by atoms with Gasteiger partial charge in [0.1, 0.15) is 5.82 Å². The van der Waals surface area contributed by atoms with Crippen LogP contribution in [0.2, 0.25) is 0 Å². The Kier molecular flexibility index (Phi) is 15.6. The molecule has 12 heterocycles. The highest BCUT2D eigenvalue weighted by molar-refractivity contribution is 6.02. The molecule has 0 N–H and O–H groups in total. The van der Waals surface area contributed by atoms with Crippen LogP contribution in [0, 0.1) is 0 Å². The minimum Gasteiger partial charge on any atom is -0.309 e. The normalized spacial score (nSPS) is 14.9. The fraction of sp³-hybridized carbons (Fsp3) is 0.121. The van der Waals surface area contributed by atoms with Gasteiger partial charge in [-0.15, -0.1) is 0 Å². The second-order valence-corrected chi connectivity index (χ2v) is 41.3. The van der Waals surface area contributed by atoms with Gasteiger partial charge in [-0.2, -0.15) is 0 Å². The first-order valence-electron chi connectivity index (χ1n) is 50.3. The predicted molar refractivity (Wildman–Crippen MR) is 564 cm³/mol. The zero-order chi connectivity index (χ0) is 90.7. The van der Waals surface area contributed by atoms with Crippen molar-refractivity contribution in [1.82, 2.24) is 19.9 Å². The Morgan fingerprint density at radius 3 is 0.850 bits per heavy atom. The molecular weight excluding hydrogens is 1700 g/mol. The van der Waals surface area contributed by atoms with Gasteiger partial charge in [0.2, 0.25) is 0 Å². The molecule has 20 aromatic rings. The lowest BCUT2D eigenvalue weighted by Gasteiger charge is -2.40. The monoisotopic (exact) mass is 1780 g/mol. The molecular formula is C132H88N8. The maximum absolute atomic E-state index is 4.87. The van der Waals surface area contributed by atoms with Crippen molar-refractivity contribution in [3.8, 4) is 89.0 Å². The number of rotatable bonds is 0. The first kappa shape index (κ1) is 76.5. The van der Waals surface area contributed by atoms with Crippen molar-refractivity contribution in [2.45, 2.75) is 103 Å². The molecule has 0 amide bonds. The smallest absolute Gasteiger partial charge is 0.141 e. The van der Waals surface area contributed by atoms with E-state index in [0.29, 0.717) is 0 Å². The number of benzene rings is 16. The van der Waals surface area contributed by atoms with Crippen LogP contribution in [-0.2, 0) is 103 Å². The van der Waals surface area contributed by atoms with E-state index in [1.165, 1.54) is 285 Å². The van der Waals surface area contributed by atoms with Gasteiger partial charge in [-0.25, -0.2) is 4.98 Å². The van der Waals surface area contributed by atoms with E-state index in [4.69, 9.17) is 9.97 Å². The summed E-state index contributed by atoms with van der Waals surface area (Å²) in [4.78, 5) is 28.7. The van der Waals surface area contributed by atoms with E-state index in [2.05, 4.69) is 345 Å². The Hall–Kier alpha value is -16.7. The molecule has 0 atom stereocenters. The van der Waals surface area contributed by atoms with E-state index in [0.717, 1.165) is 109 Å². The molecule has 140 heavy (non-hydrogen) atoms. The van der Waals surface area contributed by atoms with E-state index in [1.807, 2.05) is 24.8 Å². The van der Waals surface area contributed by atoms with Gasteiger partial charge in [0.25, 0.3) is 0 Å². The molecule has 0 saturated heterocycles. The number of nitrogens with zero attached hydrogens (tertiary/aromatic N) is 8. The minimum absolute atomic E-state index is 0.913. The van der Waals surface area contributed by atoms with Crippen molar-refractivity contribution < 1.29 is 0 Å². The molecule has 8 heteroatoms. The Morgan fingerprint density at radius 1 is 0.150 bits per heavy atom. The highest BCUT2D eigenvalue weighted by atomic mass is 15.2. The first-order valence-corrected chi connectivity index (χ1v) is 50.3. The molecule has 0 saturated carbocycles. The van der Waals surface area contributed by atoms with Crippen LogP contribution in [0.3, 0.4) is 0 Å². The second kappa shape index (κ2) is 28.5. The molecule has 8 aliphatic carbocycles. The molecule has 0 spiro atoms. The minimum atomic E-state index is 0.913. The Labute approximate surface area is 812 Å². The summed E-state index contributed by atoms with van der Waals surface area (Å²) in [5.74, 6) is 1.10. The van der Waals surface area contributed by atoms with Gasteiger partial charge in [-0.1, -0.05) is 224 Å². The average Bonchev–Trinajstić information content (AvgIpc) is 1.46. The molecule has 0 bridgehead atoms. The fourth-order valence-electron chi connectivity index (χ4n) is 28.7. The molecule has 656 valence electrons. The van der Waals surface area contributed by atoms with Crippen molar-refractivity contribution in [3.63, 3.8) is 0 Å². The van der Waals surface area contributed by atoms with E-state index in [1.54, 1.807) is 44.5 Å². The fourth-order valence-corrected chi connectivity index (χ4v) is 28.7. The standard InChI is InChI=1S/4C33H22N2/c1-3-9-23-19(6-1)15-26-24(23)11-12-25-27-17-22-14-20-7-2-4-10-31(20)35-32(22)30(29(27)18-28(25)26)16-21-8-5-13-34-33(21)35;1-3-8-22-19(6-1)15-25-23(22)11-12-24-26-16-21-14-20-7-2-4-9-31(20)35-32-10-5-13-34-30(32)18-29(33(21)35)28(26)17-27(24)25;1-3-7-23-19(5-1)14-26-24(23)9-10-25-27-15-21-13-20-6-2-4-8-31(20)35-32-11-12-34-18-22(32)16-30(33(21)35)29(27)17-28(25)26;1-3-7-23-19(5-1)14-26-24(23)9-10-25-27-16-22-13-20-6-2-4-8-31(20)35-32-18-34-12-11-21(32)15-30(33(22)35)29(27)17-28(25)26/h1-13,17H,14-16,18H2;1-13,16H,14-15,17-18H2;1-12,15,18H,13-14,16-17H2;1-12,16,18H,13-15,17H2. The van der Waals surface area contributed by atoms with Crippen LogP contribution in [0.5, 0.6) is 0 Å². The summed E-state index contributed by atoms with van der Waals surface area (Å²) in [5.41, 5.74) is 84.6. The lowest BCUT2D eigenvalue weighted by molar-refractivity contribution is 0.955. The molecule has 16 aliphatic rings. The summed E-state index contributed by atoms with van der Waals surface area (Å²) in [6, 6.07) is 114. The topological polar surface area (TPSA) is 64.5 Å². The molecule has 8 nitrogen and oxygen atoms in total. The molecule has 8 aliphatic heterocycles. The molecule has 0 unspecified atom stereocenters. The SMILES string of the molecule is c1ccc2c(c1)Cc1c-2ccc2c1Cc1c-2cc2c3c1Cc1cccnc1N3c1ccccc1C2.c1ccc2c(c1)Cc1c-2ccc2c1Cc1c-2cc2c3c1Cc1ccncc1N3c1ccccc1C2.c1ccc2c(c1)Cc1c-2ccc2c1Cc1c-2cc2c3c1Cc1cnccc1N3c1ccccc1C2.c1ccc2c(c1)Cc1c-2ccc2c1Cc1c-2cc2c3c1Cc1ncccc1N3c1ccccc1C2. The number of anilines is 12. The molecule has 16 aromatic carbocycles. The Morgan fingerprint density at radius 2 is 0.421 bits per heavy atom. The van der Waals surface area contributed by atoms with Crippen LogP contribution < -0.4 is 19.6 Å². The molecule has 36 rings (SSSR count). The summed E-state index contributed by atoms with van der Waals surface area (Å²) in [5, 5.41) is 0. The van der Waals surface area contributed by atoms with Gasteiger partial charge in [-0.3, -0.25) is 19.9 Å². The number of hydrogen-bond acceptors (Lipinski definition) is 8. The van der Waals surface area contributed by atoms with Crippen molar-refractivity contribution in [3.05, 3.63) is 519 Å². The number of para-hydroxylation sites is 4. The van der Waals surface area contributed by atoms with Crippen LogP contribution >= 0.6 is 0 Å². The zero-order valence-electron chi connectivity index (χ0n) is 77.2. The van der Waals surface area contributed by atoms with Crippen molar-refractivity contribution in [1.29, 1.82) is 0 Å². The third-order valence-corrected chi connectivity index (χ3v) is 34.6. The average molecular weight is 1790 g/mol. The van der Waals surface area contributed by atoms with Crippen LogP contribution in [0.25, 0.3) is 89.0 Å². The van der Waals surface area contributed by atoms with Crippen molar-refractivity contribution in [2.24, 2.45) is 0 Å². The molecule has 0 fully saturated rings. The molecule has 4 aromatic heterocycles. The summed E-state index contributed by atoms with van der Waals surface area (Å²) in [7, 11) is 0.